The number of benzene rings is 2. The van der Waals surface area contributed by atoms with Crippen molar-refractivity contribution in [2.24, 2.45) is 0 Å². The highest BCUT2D eigenvalue weighted by Crippen LogP contribution is 2.24. The molecule has 5 nitrogen and oxygen atoms in total. The molecule has 0 radical (unpaired) electrons. The Morgan fingerprint density at radius 1 is 0.825 bits per heavy atom. The number of piperidine rings is 1. The minimum absolute atomic E-state index is 0.126. The lowest BCUT2D eigenvalue weighted by atomic mass is 9.99. The van der Waals surface area contributed by atoms with E-state index < -0.39 is 0 Å². The number of nitrogens with zero attached hydrogens (tertiary/aromatic N) is 4. The molecule has 0 aliphatic carbocycles. The van der Waals surface area contributed by atoms with E-state index in [9.17, 15) is 4.79 Å². The molecule has 0 spiro atoms. The van der Waals surface area contributed by atoms with Crippen molar-refractivity contribution >= 4 is 5.91 Å². The van der Waals surface area contributed by atoms with Gasteiger partial charge in [0.05, 0.1) is 5.69 Å². The van der Waals surface area contributed by atoms with E-state index in [1.165, 1.54) is 30.4 Å². The number of carbonyl (C=O) groups excluding carboxylic acids is 1. The Morgan fingerprint density at radius 3 is 2.23 bits per heavy atom. The quantitative estimate of drug-likeness (QED) is 0.192. The fraction of sp³-hybridized carbons (Fsp3) is 0.343. The second kappa shape index (κ2) is 14.0. The molecule has 5 rings (SSSR count). The molecule has 0 N–H and O–H groups in total. The molecule has 2 aromatic carbocycles. The first-order chi connectivity index (χ1) is 19.7. The minimum Gasteiger partial charge on any atom is -0.331 e. The SMILES string of the molecule is CCCCCc1ccc(C(=O)N(Cc2ccc(-c3ccccn3)cc2)C2CCN(Cc3ccncc3)CC2)cc1. The van der Waals surface area contributed by atoms with Crippen LogP contribution >= 0.6 is 0 Å². The summed E-state index contributed by atoms with van der Waals surface area (Å²) in [6.07, 6.45) is 12.2. The van der Waals surface area contributed by atoms with Gasteiger partial charge in [0.25, 0.3) is 5.91 Å². The van der Waals surface area contributed by atoms with Crippen molar-refractivity contribution in [3.05, 3.63) is 120 Å². The fourth-order valence-corrected chi connectivity index (χ4v) is 5.57. The van der Waals surface area contributed by atoms with E-state index in [2.05, 4.69) is 75.2 Å². The molecule has 4 aromatic rings. The Morgan fingerprint density at radius 2 is 1.55 bits per heavy atom. The molecule has 0 atom stereocenters. The standard InChI is InChI=1S/C35H40N4O/c1-2-3-4-7-28-9-15-32(16-10-28)35(40)39(27-29-11-13-31(14-12-29)34-8-5-6-21-37-34)33-19-24-38(25-20-33)26-30-17-22-36-23-18-30/h5-6,8-18,21-23,33H,2-4,7,19-20,24-27H2,1H3. The minimum atomic E-state index is 0.126. The van der Waals surface area contributed by atoms with E-state index in [1.54, 1.807) is 0 Å². The fourth-order valence-electron chi connectivity index (χ4n) is 5.57. The summed E-state index contributed by atoms with van der Waals surface area (Å²) < 4.78 is 0. The normalized spacial score (nSPS) is 14.2. The first-order valence-electron chi connectivity index (χ1n) is 14.7. The Balaban J connectivity index is 1.30. The average Bonchev–Trinajstić information content (AvgIpc) is 3.02. The zero-order valence-corrected chi connectivity index (χ0v) is 23.6. The van der Waals surface area contributed by atoms with E-state index in [-0.39, 0.29) is 11.9 Å². The largest absolute Gasteiger partial charge is 0.331 e. The van der Waals surface area contributed by atoms with Gasteiger partial charge in [-0.05, 0) is 78.8 Å². The first kappa shape index (κ1) is 27.7. The van der Waals surface area contributed by atoms with Crippen LogP contribution in [0.4, 0.5) is 0 Å². The maximum absolute atomic E-state index is 14.0. The van der Waals surface area contributed by atoms with Gasteiger partial charge in [-0.25, -0.2) is 0 Å². The van der Waals surface area contributed by atoms with Crippen LogP contribution < -0.4 is 0 Å². The molecule has 2 aromatic heterocycles. The van der Waals surface area contributed by atoms with E-state index in [0.29, 0.717) is 6.54 Å². The van der Waals surface area contributed by atoms with Crippen LogP contribution in [-0.4, -0.2) is 44.8 Å². The van der Waals surface area contributed by atoms with Gasteiger partial charge < -0.3 is 4.90 Å². The zero-order valence-electron chi connectivity index (χ0n) is 23.6. The predicted molar refractivity (Wildman–Crippen MR) is 162 cm³/mol. The molecule has 40 heavy (non-hydrogen) atoms. The van der Waals surface area contributed by atoms with Crippen LogP contribution in [0, 0.1) is 0 Å². The van der Waals surface area contributed by atoms with Crippen molar-refractivity contribution < 1.29 is 4.79 Å². The number of carbonyl (C=O) groups is 1. The molecule has 5 heteroatoms. The number of hydrogen-bond donors (Lipinski definition) is 0. The van der Waals surface area contributed by atoms with Gasteiger partial charge in [-0.2, -0.15) is 0 Å². The smallest absolute Gasteiger partial charge is 0.254 e. The Kier molecular flexibility index (Phi) is 9.70. The Labute approximate surface area is 238 Å². The molecule has 1 saturated heterocycles. The van der Waals surface area contributed by atoms with Crippen molar-refractivity contribution in [1.29, 1.82) is 0 Å². The van der Waals surface area contributed by atoms with Crippen molar-refractivity contribution in [2.75, 3.05) is 13.1 Å². The van der Waals surface area contributed by atoms with Crippen LogP contribution in [0.2, 0.25) is 0 Å². The van der Waals surface area contributed by atoms with E-state index in [4.69, 9.17) is 0 Å². The molecule has 1 aliphatic heterocycles. The molecule has 0 saturated carbocycles. The second-order valence-corrected chi connectivity index (χ2v) is 10.9. The highest BCUT2D eigenvalue weighted by Gasteiger charge is 2.29. The lowest BCUT2D eigenvalue weighted by molar-refractivity contribution is 0.0543. The molecular weight excluding hydrogens is 492 g/mol. The van der Waals surface area contributed by atoms with Crippen LogP contribution in [0.5, 0.6) is 0 Å². The van der Waals surface area contributed by atoms with Gasteiger partial charge in [0.1, 0.15) is 0 Å². The molecule has 1 aliphatic rings. The molecule has 1 fully saturated rings. The van der Waals surface area contributed by atoms with Crippen LogP contribution in [0.1, 0.15) is 66.1 Å². The lowest BCUT2D eigenvalue weighted by Crippen LogP contribution is -2.46. The van der Waals surface area contributed by atoms with Gasteiger partial charge in [0, 0.05) is 61.9 Å². The maximum Gasteiger partial charge on any atom is 0.254 e. The van der Waals surface area contributed by atoms with Crippen molar-refractivity contribution in [1.82, 2.24) is 19.8 Å². The number of unbranched alkanes of at least 4 members (excludes halogenated alkanes) is 2. The number of pyridine rings is 2. The molecular formula is C35H40N4O. The summed E-state index contributed by atoms with van der Waals surface area (Å²) in [5.74, 6) is 0.126. The van der Waals surface area contributed by atoms with Crippen molar-refractivity contribution in [3.8, 4) is 11.3 Å². The number of amides is 1. The van der Waals surface area contributed by atoms with E-state index in [1.807, 2.05) is 48.9 Å². The number of likely N-dealkylation sites (tertiary alicyclic amines) is 1. The summed E-state index contributed by atoms with van der Waals surface area (Å²) in [5.41, 5.74) is 6.57. The summed E-state index contributed by atoms with van der Waals surface area (Å²) in [4.78, 5) is 27.2. The van der Waals surface area contributed by atoms with Gasteiger partial charge in [-0.3, -0.25) is 19.7 Å². The van der Waals surface area contributed by atoms with Crippen LogP contribution in [0.25, 0.3) is 11.3 Å². The zero-order chi connectivity index (χ0) is 27.6. The topological polar surface area (TPSA) is 49.3 Å². The maximum atomic E-state index is 14.0. The number of rotatable bonds is 11. The number of aromatic nitrogens is 2. The van der Waals surface area contributed by atoms with Gasteiger partial charge >= 0.3 is 0 Å². The van der Waals surface area contributed by atoms with E-state index in [0.717, 1.165) is 61.3 Å². The third-order valence-corrected chi connectivity index (χ3v) is 7.95. The van der Waals surface area contributed by atoms with Gasteiger partial charge in [0.15, 0.2) is 0 Å². The Bertz CT molecular complexity index is 1320. The average molecular weight is 533 g/mol. The van der Waals surface area contributed by atoms with Crippen LogP contribution in [0.15, 0.2) is 97.5 Å². The summed E-state index contributed by atoms with van der Waals surface area (Å²) in [7, 11) is 0. The summed E-state index contributed by atoms with van der Waals surface area (Å²) in [5, 5.41) is 0. The molecule has 3 heterocycles. The second-order valence-electron chi connectivity index (χ2n) is 10.9. The van der Waals surface area contributed by atoms with E-state index >= 15 is 0 Å². The summed E-state index contributed by atoms with van der Waals surface area (Å²) in [6.45, 7) is 5.72. The Hall–Kier alpha value is -3.83. The first-order valence-corrected chi connectivity index (χ1v) is 14.7. The summed E-state index contributed by atoms with van der Waals surface area (Å²) >= 11 is 0. The molecule has 206 valence electrons. The van der Waals surface area contributed by atoms with Gasteiger partial charge in [0.2, 0.25) is 0 Å². The van der Waals surface area contributed by atoms with Crippen LogP contribution in [-0.2, 0) is 19.5 Å². The third-order valence-electron chi connectivity index (χ3n) is 7.95. The number of hydrogen-bond acceptors (Lipinski definition) is 4. The van der Waals surface area contributed by atoms with Crippen molar-refractivity contribution in [3.63, 3.8) is 0 Å². The molecule has 1 amide bonds. The van der Waals surface area contributed by atoms with Gasteiger partial charge in [-0.1, -0.05) is 62.2 Å². The molecule has 0 unspecified atom stereocenters. The third kappa shape index (κ3) is 7.42. The van der Waals surface area contributed by atoms with Crippen molar-refractivity contribution in [2.45, 2.75) is 64.6 Å². The lowest BCUT2D eigenvalue weighted by Gasteiger charge is -2.39. The number of aryl methyl sites for hydroxylation is 1. The summed E-state index contributed by atoms with van der Waals surface area (Å²) in [6, 6.07) is 27.2. The van der Waals surface area contributed by atoms with Crippen LogP contribution in [0.3, 0.4) is 0 Å². The highest BCUT2D eigenvalue weighted by atomic mass is 16.2. The predicted octanol–water partition coefficient (Wildman–Crippen LogP) is 7.18. The molecule has 0 bridgehead atoms. The highest BCUT2D eigenvalue weighted by molar-refractivity contribution is 5.94. The van der Waals surface area contributed by atoms with Gasteiger partial charge in [-0.15, -0.1) is 0 Å². The monoisotopic (exact) mass is 532 g/mol.